The van der Waals surface area contributed by atoms with Gasteiger partial charge in [-0.05, 0) is 12.5 Å². The van der Waals surface area contributed by atoms with E-state index in [1.165, 1.54) is 4.57 Å². The van der Waals surface area contributed by atoms with Crippen molar-refractivity contribution in [1.82, 2.24) is 9.55 Å². The predicted molar refractivity (Wildman–Crippen MR) is 73.3 cm³/mol. The van der Waals surface area contributed by atoms with E-state index in [1.807, 2.05) is 26.8 Å². The molecule has 0 unspecified atom stereocenters. The number of halogens is 1. The molecule has 0 atom stereocenters. The topological polar surface area (TPSA) is 34.9 Å². The minimum Gasteiger partial charge on any atom is -0.293 e. The van der Waals surface area contributed by atoms with Crippen molar-refractivity contribution in [3.63, 3.8) is 0 Å². The van der Waals surface area contributed by atoms with Crippen LogP contribution in [0.25, 0.3) is 10.2 Å². The van der Waals surface area contributed by atoms with Gasteiger partial charge in [0, 0.05) is 10.8 Å². The van der Waals surface area contributed by atoms with E-state index in [0.29, 0.717) is 11.2 Å². The second kappa shape index (κ2) is 5.18. The largest absolute Gasteiger partial charge is 0.293 e. The lowest BCUT2D eigenvalue weighted by atomic mass is 10.2. The summed E-state index contributed by atoms with van der Waals surface area (Å²) in [5.41, 5.74) is -0.114. The highest BCUT2D eigenvalue weighted by atomic mass is 32.1. The molecule has 0 aliphatic carbocycles. The molecule has 98 valence electrons. The van der Waals surface area contributed by atoms with E-state index in [1.54, 1.807) is 11.3 Å². The second-order valence-corrected chi connectivity index (χ2v) is 5.67. The third kappa shape index (κ3) is 2.19. The van der Waals surface area contributed by atoms with E-state index in [4.69, 9.17) is 0 Å². The summed E-state index contributed by atoms with van der Waals surface area (Å²) in [7, 11) is 0. The van der Waals surface area contributed by atoms with E-state index < -0.39 is 6.67 Å². The summed E-state index contributed by atoms with van der Waals surface area (Å²) in [4.78, 5) is 18.8. The van der Waals surface area contributed by atoms with E-state index in [0.717, 1.165) is 16.1 Å². The van der Waals surface area contributed by atoms with Crippen molar-refractivity contribution in [1.29, 1.82) is 0 Å². The lowest BCUT2D eigenvalue weighted by Crippen LogP contribution is -2.26. The van der Waals surface area contributed by atoms with Gasteiger partial charge < -0.3 is 0 Å². The van der Waals surface area contributed by atoms with Crippen molar-refractivity contribution in [2.45, 2.75) is 39.7 Å². The van der Waals surface area contributed by atoms with Gasteiger partial charge in [0.2, 0.25) is 0 Å². The molecule has 0 bridgehead atoms. The number of fused-ring (bicyclic) bond motifs is 1. The first-order valence-corrected chi connectivity index (χ1v) is 6.99. The average Bonchev–Trinajstić information content (AvgIpc) is 2.75. The zero-order valence-electron chi connectivity index (χ0n) is 10.9. The number of aromatic nitrogens is 2. The summed E-state index contributed by atoms with van der Waals surface area (Å²) in [6.07, 6.45) is 0.889. The summed E-state index contributed by atoms with van der Waals surface area (Å²) in [6.45, 7) is 5.53. The average molecular weight is 268 g/mol. The Kier molecular flexibility index (Phi) is 3.80. The van der Waals surface area contributed by atoms with Crippen LogP contribution in [0.3, 0.4) is 0 Å². The smallest absolute Gasteiger partial charge is 0.262 e. The predicted octanol–water partition coefficient (Wildman–Crippen LogP) is 3.11. The molecular weight excluding hydrogens is 251 g/mol. The number of thiophene rings is 1. The lowest BCUT2D eigenvalue weighted by molar-refractivity contribution is 0.428. The molecule has 2 rings (SSSR count). The van der Waals surface area contributed by atoms with Crippen LogP contribution >= 0.6 is 11.3 Å². The van der Waals surface area contributed by atoms with Gasteiger partial charge in [0.25, 0.3) is 5.56 Å². The second-order valence-electron chi connectivity index (χ2n) is 4.56. The van der Waals surface area contributed by atoms with Crippen molar-refractivity contribution in [2.24, 2.45) is 0 Å². The monoisotopic (exact) mass is 268 g/mol. The first-order chi connectivity index (χ1) is 8.58. The molecule has 2 aromatic rings. The van der Waals surface area contributed by atoms with E-state index in [2.05, 4.69) is 4.98 Å². The molecule has 2 aromatic heterocycles. The Morgan fingerprint density at radius 2 is 2.22 bits per heavy atom. The van der Waals surface area contributed by atoms with E-state index >= 15 is 0 Å². The molecule has 18 heavy (non-hydrogen) atoms. The van der Waals surface area contributed by atoms with E-state index in [9.17, 15) is 9.18 Å². The van der Waals surface area contributed by atoms with Crippen LogP contribution in [0.4, 0.5) is 4.39 Å². The van der Waals surface area contributed by atoms with Crippen LogP contribution in [-0.4, -0.2) is 16.2 Å². The fourth-order valence-electron chi connectivity index (χ4n) is 2.00. The zero-order valence-corrected chi connectivity index (χ0v) is 11.7. The van der Waals surface area contributed by atoms with Crippen LogP contribution in [-0.2, 0) is 13.0 Å². The third-order valence-corrected chi connectivity index (χ3v) is 4.08. The Morgan fingerprint density at radius 1 is 1.50 bits per heavy atom. The van der Waals surface area contributed by atoms with Crippen LogP contribution in [0.1, 0.15) is 37.4 Å². The molecule has 0 saturated heterocycles. The maximum atomic E-state index is 12.6. The molecular formula is C13H17FN2OS. The highest BCUT2D eigenvalue weighted by Crippen LogP contribution is 2.23. The number of rotatable bonds is 4. The summed E-state index contributed by atoms with van der Waals surface area (Å²) in [6, 6.07) is 1.88. The highest BCUT2D eigenvalue weighted by molar-refractivity contribution is 7.18. The van der Waals surface area contributed by atoms with Gasteiger partial charge in [-0.25, -0.2) is 9.37 Å². The lowest BCUT2D eigenvalue weighted by Gasteiger charge is -2.13. The Hall–Kier alpha value is -1.23. The van der Waals surface area contributed by atoms with Gasteiger partial charge in [-0.2, -0.15) is 0 Å². The molecule has 0 spiro atoms. The standard InChI is InChI=1S/C13H17FN2OS/c1-4-9-7-10-12(18-9)15-11(8(2)3)16(6-5-14)13(10)17/h7-8H,4-6H2,1-3H3. The van der Waals surface area contributed by atoms with Gasteiger partial charge in [-0.1, -0.05) is 20.8 Å². The van der Waals surface area contributed by atoms with Gasteiger partial charge in [-0.3, -0.25) is 9.36 Å². The van der Waals surface area contributed by atoms with Crippen LogP contribution in [0.2, 0.25) is 0 Å². The fourth-order valence-corrected chi connectivity index (χ4v) is 2.96. The maximum Gasteiger partial charge on any atom is 0.262 e. The summed E-state index contributed by atoms with van der Waals surface area (Å²) >= 11 is 1.55. The van der Waals surface area contributed by atoms with Gasteiger partial charge in [0.15, 0.2) is 0 Å². The molecule has 5 heteroatoms. The van der Waals surface area contributed by atoms with Crippen molar-refractivity contribution >= 4 is 21.6 Å². The van der Waals surface area contributed by atoms with Crippen molar-refractivity contribution < 1.29 is 4.39 Å². The number of hydrogen-bond donors (Lipinski definition) is 0. The Balaban J connectivity index is 2.74. The van der Waals surface area contributed by atoms with Gasteiger partial charge in [-0.15, -0.1) is 11.3 Å². The van der Waals surface area contributed by atoms with Gasteiger partial charge in [0.1, 0.15) is 17.3 Å². The van der Waals surface area contributed by atoms with E-state index in [-0.39, 0.29) is 18.0 Å². The summed E-state index contributed by atoms with van der Waals surface area (Å²) in [5.74, 6) is 0.787. The number of hydrogen-bond acceptors (Lipinski definition) is 3. The first kappa shape index (κ1) is 13.2. The normalized spacial score (nSPS) is 11.6. The molecule has 0 aromatic carbocycles. The molecule has 0 saturated carbocycles. The molecule has 0 N–H and O–H groups in total. The fraction of sp³-hybridized carbons (Fsp3) is 0.538. The minimum atomic E-state index is -0.544. The molecule has 0 aliphatic heterocycles. The maximum absolute atomic E-state index is 12.6. The molecule has 2 heterocycles. The quantitative estimate of drug-likeness (QED) is 0.854. The molecule has 3 nitrogen and oxygen atoms in total. The summed E-state index contributed by atoms with van der Waals surface area (Å²) < 4.78 is 14.1. The van der Waals surface area contributed by atoms with Crippen molar-refractivity contribution in [3.05, 3.63) is 27.1 Å². The SMILES string of the molecule is CCc1cc2c(=O)n(CCF)c(C(C)C)nc2s1. The number of aryl methyl sites for hydroxylation is 1. The number of nitrogens with zero attached hydrogens (tertiary/aromatic N) is 2. The third-order valence-electron chi connectivity index (χ3n) is 2.90. The molecule has 0 amide bonds. The van der Waals surface area contributed by atoms with Crippen LogP contribution < -0.4 is 5.56 Å². The summed E-state index contributed by atoms with van der Waals surface area (Å²) in [5, 5.41) is 0.620. The molecule has 0 aliphatic rings. The Bertz CT molecular complexity index is 615. The van der Waals surface area contributed by atoms with Crippen LogP contribution in [0, 0.1) is 0 Å². The van der Waals surface area contributed by atoms with Crippen LogP contribution in [0.5, 0.6) is 0 Å². The molecule has 0 fully saturated rings. The Morgan fingerprint density at radius 3 is 2.78 bits per heavy atom. The van der Waals surface area contributed by atoms with Gasteiger partial charge >= 0.3 is 0 Å². The number of alkyl halides is 1. The zero-order chi connectivity index (χ0) is 13.3. The van der Waals surface area contributed by atoms with Gasteiger partial charge in [0.05, 0.1) is 11.9 Å². The highest BCUT2D eigenvalue weighted by Gasteiger charge is 2.15. The van der Waals surface area contributed by atoms with Crippen molar-refractivity contribution in [2.75, 3.05) is 6.67 Å². The van der Waals surface area contributed by atoms with Crippen molar-refractivity contribution in [3.8, 4) is 0 Å². The first-order valence-electron chi connectivity index (χ1n) is 6.17. The minimum absolute atomic E-state index is 0.0899. The van der Waals surface area contributed by atoms with Crippen LogP contribution in [0.15, 0.2) is 10.9 Å². The molecule has 0 radical (unpaired) electrons. The Labute approximate surface area is 109 Å².